The van der Waals surface area contributed by atoms with Crippen LogP contribution in [0.25, 0.3) is 0 Å². The standard InChI is InChI=1S/C22H42/c1-7-12-18(13-8-2)14-15-19(10-4)22-20(11-5)21(22)16-17(6)9-3/h14-15,17-22H,7-13,16H2,1-6H3. The van der Waals surface area contributed by atoms with E-state index in [2.05, 4.69) is 53.7 Å². The van der Waals surface area contributed by atoms with Gasteiger partial charge in [-0.25, -0.2) is 0 Å². The first-order chi connectivity index (χ1) is 10.6. The Bertz CT molecular complexity index is 297. The summed E-state index contributed by atoms with van der Waals surface area (Å²) in [6.07, 6.45) is 16.2. The molecule has 0 heteroatoms. The number of allylic oxidation sites excluding steroid dienone is 2. The van der Waals surface area contributed by atoms with Gasteiger partial charge in [0.1, 0.15) is 0 Å². The van der Waals surface area contributed by atoms with E-state index in [1.165, 1.54) is 51.4 Å². The monoisotopic (exact) mass is 306 g/mol. The first-order valence-electron chi connectivity index (χ1n) is 10.3. The molecule has 1 fully saturated rings. The molecule has 0 bridgehead atoms. The molecule has 0 N–H and O–H groups in total. The highest BCUT2D eigenvalue weighted by Gasteiger charge is 2.50. The van der Waals surface area contributed by atoms with Crippen LogP contribution in [0.2, 0.25) is 0 Å². The molecule has 1 saturated carbocycles. The fourth-order valence-electron chi connectivity index (χ4n) is 4.56. The van der Waals surface area contributed by atoms with Crippen LogP contribution in [0.3, 0.4) is 0 Å². The maximum Gasteiger partial charge on any atom is -0.0202 e. The lowest BCUT2D eigenvalue weighted by Gasteiger charge is -2.15. The molecule has 0 amide bonds. The quantitative estimate of drug-likeness (QED) is 0.327. The van der Waals surface area contributed by atoms with Crippen molar-refractivity contribution in [2.45, 2.75) is 92.9 Å². The molecular weight excluding hydrogens is 264 g/mol. The second kappa shape index (κ2) is 10.5. The van der Waals surface area contributed by atoms with Crippen molar-refractivity contribution in [3.63, 3.8) is 0 Å². The Hall–Kier alpha value is -0.260. The van der Waals surface area contributed by atoms with Crippen molar-refractivity contribution in [1.29, 1.82) is 0 Å². The highest BCUT2D eigenvalue weighted by molar-refractivity contribution is 5.06. The summed E-state index contributed by atoms with van der Waals surface area (Å²) in [6, 6.07) is 0. The van der Waals surface area contributed by atoms with Crippen LogP contribution >= 0.6 is 0 Å². The summed E-state index contributed by atoms with van der Waals surface area (Å²) in [5, 5.41) is 0. The molecule has 22 heavy (non-hydrogen) atoms. The number of hydrogen-bond acceptors (Lipinski definition) is 0. The zero-order chi connectivity index (χ0) is 16.5. The third-order valence-corrected chi connectivity index (χ3v) is 6.16. The van der Waals surface area contributed by atoms with Crippen LogP contribution in [0, 0.1) is 35.5 Å². The van der Waals surface area contributed by atoms with Crippen molar-refractivity contribution in [2.75, 3.05) is 0 Å². The summed E-state index contributed by atoms with van der Waals surface area (Å²) in [4.78, 5) is 0. The molecule has 130 valence electrons. The van der Waals surface area contributed by atoms with E-state index in [-0.39, 0.29) is 0 Å². The van der Waals surface area contributed by atoms with Crippen LogP contribution in [-0.2, 0) is 0 Å². The highest BCUT2D eigenvalue weighted by atomic mass is 14.6. The second-order valence-corrected chi connectivity index (χ2v) is 7.86. The van der Waals surface area contributed by atoms with E-state index in [0.29, 0.717) is 0 Å². The van der Waals surface area contributed by atoms with Gasteiger partial charge in [-0.2, -0.15) is 0 Å². The summed E-state index contributed by atoms with van der Waals surface area (Å²) in [5.41, 5.74) is 0. The number of hydrogen-bond donors (Lipinski definition) is 0. The van der Waals surface area contributed by atoms with Gasteiger partial charge in [0, 0.05) is 0 Å². The molecule has 1 aliphatic carbocycles. The van der Waals surface area contributed by atoms with E-state index in [0.717, 1.165) is 35.5 Å². The normalized spacial score (nSPS) is 27.5. The zero-order valence-corrected chi connectivity index (χ0v) is 16.3. The van der Waals surface area contributed by atoms with E-state index in [1.54, 1.807) is 0 Å². The van der Waals surface area contributed by atoms with Crippen LogP contribution in [0.5, 0.6) is 0 Å². The molecule has 0 nitrogen and oxygen atoms in total. The van der Waals surface area contributed by atoms with Crippen LogP contribution < -0.4 is 0 Å². The van der Waals surface area contributed by atoms with Crippen molar-refractivity contribution < 1.29 is 0 Å². The van der Waals surface area contributed by atoms with Crippen molar-refractivity contribution in [1.82, 2.24) is 0 Å². The first-order valence-corrected chi connectivity index (χ1v) is 10.3. The topological polar surface area (TPSA) is 0 Å². The summed E-state index contributed by atoms with van der Waals surface area (Å²) in [6.45, 7) is 14.2. The molecule has 1 aliphatic rings. The Morgan fingerprint density at radius 1 is 0.818 bits per heavy atom. The average Bonchev–Trinajstić information content (AvgIpc) is 3.20. The maximum atomic E-state index is 2.62. The minimum absolute atomic E-state index is 0.830. The van der Waals surface area contributed by atoms with Gasteiger partial charge < -0.3 is 0 Å². The smallest absolute Gasteiger partial charge is 0.0202 e. The lowest BCUT2D eigenvalue weighted by Crippen LogP contribution is -2.04. The largest absolute Gasteiger partial charge is 0.0851 e. The molecule has 1 rings (SSSR count). The summed E-state index contributed by atoms with van der Waals surface area (Å²) in [7, 11) is 0. The molecule has 0 aliphatic heterocycles. The Labute approximate surface area is 141 Å². The van der Waals surface area contributed by atoms with Gasteiger partial charge in [-0.05, 0) is 61.2 Å². The van der Waals surface area contributed by atoms with Crippen molar-refractivity contribution in [3.05, 3.63) is 12.2 Å². The van der Waals surface area contributed by atoms with E-state index >= 15 is 0 Å². The fraction of sp³-hybridized carbons (Fsp3) is 0.909. The van der Waals surface area contributed by atoms with Gasteiger partial charge in [0.25, 0.3) is 0 Å². The molecule has 0 heterocycles. The van der Waals surface area contributed by atoms with Gasteiger partial charge in [-0.1, -0.05) is 79.4 Å². The molecule has 0 saturated heterocycles. The minimum Gasteiger partial charge on any atom is -0.0851 e. The first kappa shape index (κ1) is 19.8. The molecule has 0 aromatic rings. The van der Waals surface area contributed by atoms with E-state index in [4.69, 9.17) is 0 Å². The lowest BCUT2D eigenvalue weighted by atomic mass is 9.91. The molecule has 5 atom stereocenters. The van der Waals surface area contributed by atoms with Gasteiger partial charge in [0.05, 0.1) is 0 Å². The van der Waals surface area contributed by atoms with Gasteiger partial charge in [-0.3, -0.25) is 0 Å². The number of rotatable bonds is 12. The predicted octanol–water partition coefficient (Wildman–Crippen LogP) is 7.49. The van der Waals surface area contributed by atoms with Crippen molar-refractivity contribution >= 4 is 0 Å². The third-order valence-electron chi connectivity index (χ3n) is 6.16. The summed E-state index contributed by atoms with van der Waals surface area (Å²) < 4.78 is 0. The van der Waals surface area contributed by atoms with Crippen LogP contribution in [-0.4, -0.2) is 0 Å². The third kappa shape index (κ3) is 5.74. The molecular formula is C22H42. The zero-order valence-electron chi connectivity index (χ0n) is 16.3. The Balaban J connectivity index is 2.62. The van der Waals surface area contributed by atoms with Gasteiger partial charge in [0.2, 0.25) is 0 Å². The van der Waals surface area contributed by atoms with Crippen LogP contribution in [0.15, 0.2) is 12.2 Å². The van der Waals surface area contributed by atoms with E-state index < -0.39 is 0 Å². The van der Waals surface area contributed by atoms with E-state index in [1.807, 2.05) is 0 Å². The SMILES string of the molecule is CCCC(C=CC(CC)C1C(CC)C1CC(C)CC)CCC. The molecule has 0 spiro atoms. The molecule has 0 radical (unpaired) electrons. The van der Waals surface area contributed by atoms with Crippen molar-refractivity contribution in [3.8, 4) is 0 Å². The Morgan fingerprint density at radius 2 is 1.45 bits per heavy atom. The van der Waals surface area contributed by atoms with Crippen LogP contribution in [0.4, 0.5) is 0 Å². The van der Waals surface area contributed by atoms with Crippen LogP contribution in [0.1, 0.15) is 92.9 Å². The highest BCUT2D eigenvalue weighted by Crippen LogP contribution is 2.57. The minimum atomic E-state index is 0.830. The fourth-order valence-corrected chi connectivity index (χ4v) is 4.56. The van der Waals surface area contributed by atoms with E-state index in [9.17, 15) is 0 Å². The van der Waals surface area contributed by atoms with Gasteiger partial charge >= 0.3 is 0 Å². The van der Waals surface area contributed by atoms with Gasteiger partial charge in [-0.15, -0.1) is 0 Å². The second-order valence-electron chi connectivity index (χ2n) is 7.86. The lowest BCUT2D eigenvalue weighted by molar-refractivity contribution is 0.426. The molecule has 5 unspecified atom stereocenters. The molecule has 0 aromatic heterocycles. The maximum absolute atomic E-state index is 2.62. The Morgan fingerprint density at radius 3 is 1.91 bits per heavy atom. The van der Waals surface area contributed by atoms with Gasteiger partial charge in [0.15, 0.2) is 0 Å². The average molecular weight is 307 g/mol. The molecule has 0 aromatic carbocycles. The predicted molar refractivity (Wildman–Crippen MR) is 101 cm³/mol. The summed E-state index contributed by atoms with van der Waals surface area (Å²) in [5.74, 6) is 5.61. The summed E-state index contributed by atoms with van der Waals surface area (Å²) >= 11 is 0. The van der Waals surface area contributed by atoms with Crippen molar-refractivity contribution in [2.24, 2.45) is 35.5 Å². The Kier molecular flexibility index (Phi) is 9.45.